The van der Waals surface area contributed by atoms with Crippen molar-refractivity contribution in [2.24, 2.45) is 23.2 Å². The Morgan fingerprint density at radius 2 is 1.78 bits per heavy atom. The van der Waals surface area contributed by atoms with E-state index in [0.29, 0.717) is 29.7 Å². The van der Waals surface area contributed by atoms with E-state index in [0.717, 1.165) is 32.1 Å². The number of fused-ring (bicyclic) bond motifs is 5. The third kappa shape index (κ3) is 8.38. The van der Waals surface area contributed by atoms with Crippen LogP contribution in [0.25, 0.3) is 10.9 Å². The number of hydrogen-bond acceptors (Lipinski definition) is 10. The van der Waals surface area contributed by atoms with Crippen LogP contribution in [0.5, 0.6) is 6.01 Å². The summed E-state index contributed by atoms with van der Waals surface area (Å²) in [5.41, 5.74) is -3.12. The van der Waals surface area contributed by atoms with Gasteiger partial charge in [-0.15, -0.1) is 0 Å². The third-order valence-electron chi connectivity index (χ3n) is 13.3. The number of hydrogen-bond donors (Lipinski definition) is 3. The molecule has 15 nitrogen and oxygen atoms in total. The zero-order valence-corrected chi connectivity index (χ0v) is 35.1. The van der Waals surface area contributed by atoms with Crippen LogP contribution in [0.2, 0.25) is 0 Å². The first kappa shape index (κ1) is 42.8. The number of carbonyl (C=O) groups excluding carboxylic acids is 4. The molecule has 2 aliphatic heterocycles. The summed E-state index contributed by atoms with van der Waals surface area (Å²) in [4.78, 5) is 76.2. The van der Waals surface area contributed by atoms with E-state index in [1.165, 1.54) is 16.4 Å². The number of nitrogens with zero attached hydrogens (tertiary/aromatic N) is 3. The van der Waals surface area contributed by atoms with Crippen LogP contribution in [0.3, 0.4) is 0 Å². The van der Waals surface area contributed by atoms with Crippen LogP contribution in [0.1, 0.15) is 105 Å². The molecular formula is C41H56F2N6O9S. The van der Waals surface area contributed by atoms with Crippen molar-refractivity contribution in [3.8, 4) is 6.01 Å². The molecule has 0 spiro atoms. The lowest BCUT2D eigenvalue weighted by molar-refractivity contribution is -0.143. The molecule has 2 bridgehead atoms. The summed E-state index contributed by atoms with van der Waals surface area (Å²) >= 11 is 0. The Balaban J connectivity index is 1.24. The first-order chi connectivity index (χ1) is 27.8. The number of nitrogens with one attached hydrogen (secondary N) is 3. The van der Waals surface area contributed by atoms with Gasteiger partial charge in [-0.3, -0.25) is 28.5 Å². The van der Waals surface area contributed by atoms with Gasteiger partial charge in [-0.1, -0.05) is 59.1 Å². The van der Waals surface area contributed by atoms with Gasteiger partial charge in [0.15, 0.2) is 0 Å². The van der Waals surface area contributed by atoms with Crippen LogP contribution in [-0.2, 0) is 35.7 Å². The number of alkyl carbamates (subject to hydrolysis) is 1. The predicted octanol–water partition coefficient (Wildman–Crippen LogP) is 4.40. The van der Waals surface area contributed by atoms with E-state index in [-0.39, 0.29) is 55.9 Å². The van der Waals surface area contributed by atoms with Gasteiger partial charge in [0.1, 0.15) is 29.8 Å². The molecule has 3 saturated carbocycles. The van der Waals surface area contributed by atoms with Gasteiger partial charge in [0.05, 0.1) is 28.1 Å². The van der Waals surface area contributed by atoms with Crippen LogP contribution in [-0.4, -0.2) is 94.2 Å². The fourth-order valence-corrected chi connectivity index (χ4v) is 10.5. The van der Waals surface area contributed by atoms with E-state index in [4.69, 9.17) is 14.5 Å². The number of aromatic nitrogens is 2. The number of rotatable bonds is 7. The Kier molecular flexibility index (Phi) is 11.5. The molecule has 5 aliphatic rings. The fourth-order valence-electron chi connectivity index (χ4n) is 9.21. The summed E-state index contributed by atoms with van der Waals surface area (Å²) in [6, 6.07) is 4.16. The SMILES string of the molecule is CC[C@H]1CC[C@H]2OC(=O)N[C@@H](C(C)(C)C)C(=O)N3C[C@@H](C[C@H]3C(=O)N[C@]3(C(=O)NS(=O)(=O)C4(C)CC4)C[C@H]3C(F)F)Oc3nc4ccccc4c(=O)n3CCCCC[C@H]12. The molecule has 1 aromatic carbocycles. The van der Waals surface area contributed by atoms with Gasteiger partial charge in [-0.25, -0.2) is 22.0 Å². The van der Waals surface area contributed by atoms with Crippen molar-refractivity contribution in [3.63, 3.8) is 0 Å². The molecule has 1 aromatic heterocycles. The fraction of sp³-hybridized carbons (Fsp3) is 0.707. The topological polar surface area (TPSA) is 195 Å². The average molecular weight is 847 g/mol. The van der Waals surface area contributed by atoms with Crippen LogP contribution < -0.4 is 25.7 Å². The van der Waals surface area contributed by atoms with Crippen molar-refractivity contribution in [1.29, 1.82) is 0 Å². The summed E-state index contributed by atoms with van der Waals surface area (Å²) in [6.07, 6.45) is 0.181. The van der Waals surface area contributed by atoms with Crippen molar-refractivity contribution < 1.29 is 45.9 Å². The maximum absolute atomic E-state index is 14.8. The van der Waals surface area contributed by atoms with E-state index in [1.807, 2.05) is 4.72 Å². The molecule has 0 radical (unpaired) electrons. The Bertz CT molecular complexity index is 2160. The second-order valence-corrected chi connectivity index (χ2v) is 20.7. The van der Waals surface area contributed by atoms with E-state index in [9.17, 15) is 41.2 Å². The van der Waals surface area contributed by atoms with Gasteiger partial charge in [0, 0.05) is 13.0 Å². The second kappa shape index (κ2) is 15.9. The highest BCUT2D eigenvalue weighted by molar-refractivity contribution is 7.91. The largest absolute Gasteiger partial charge is 0.459 e. The number of ether oxygens (including phenoxy) is 2. The minimum atomic E-state index is -4.25. The Morgan fingerprint density at radius 3 is 2.44 bits per heavy atom. The van der Waals surface area contributed by atoms with Gasteiger partial charge in [-0.05, 0) is 81.3 Å². The minimum Gasteiger partial charge on any atom is -0.459 e. The van der Waals surface area contributed by atoms with E-state index in [1.54, 1.807) is 45.0 Å². The summed E-state index contributed by atoms with van der Waals surface area (Å²) in [5.74, 6) is -4.18. The highest BCUT2D eigenvalue weighted by atomic mass is 32.2. The van der Waals surface area contributed by atoms with Crippen molar-refractivity contribution in [1.82, 2.24) is 29.8 Å². The Morgan fingerprint density at radius 1 is 1.05 bits per heavy atom. The normalized spacial score (nSPS) is 31.2. The number of carbonyl (C=O) groups is 4. The molecule has 4 fully saturated rings. The molecule has 18 heteroatoms. The molecule has 1 saturated heterocycles. The van der Waals surface area contributed by atoms with Crippen LogP contribution in [0, 0.1) is 23.2 Å². The van der Waals surface area contributed by atoms with Gasteiger partial charge < -0.3 is 25.0 Å². The maximum Gasteiger partial charge on any atom is 0.408 e. The molecule has 3 N–H and O–H groups in total. The number of alkyl halides is 2. The molecule has 324 valence electrons. The zero-order chi connectivity index (χ0) is 42.7. The quantitative estimate of drug-likeness (QED) is 0.360. The van der Waals surface area contributed by atoms with Crippen LogP contribution in [0.15, 0.2) is 29.1 Å². The minimum absolute atomic E-state index is 0.0150. The van der Waals surface area contributed by atoms with Crippen molar-refractivity contribution in [3.05, 3.63) is 34.6 Å². The molecule has 2 aromatic rings. The molecule has 3 heterocycles. The van der Waals surface area contributed by atoms with Crippen molar-refractivity contribution in [2.75, 3.05) is 6.54 Å². The maximum atomic E-state index is 14.8. The van der Waals surface area contributed by atoms with Crippen molar-refractivity contribution in [2.45, 2.75) is 153 Å². The first-order valence-corrected chi connectivity index (χ1v) is 22.4. The number of halogens is 2. The summed E-state index contributed by atoms with van der Waals surface area (Å²) in [7, 11) is -4.25. The van der Waals surface area contributed by atoms with Gasteiger partial charge in [-0.2, -0.15) is 4.98 Å². The smallest absolute Gasteiger partial charge is 0.408 e. The van der Waals surface area contributed by atoms with E-state index >= 15 is 0 Å². The molecule has 3 aliphatic carbocycles. The third-order valence-corrected chi connectivity index (χ3v) is 15.5. The summed E-state index contributed by atoms with van der Waals surface area (Å²) < 4.78 is 69.2. The highest BCUT2D eigenvalue weighted by Crippen LogP contribution is 2.49. The number of para-hydroxylation sites is 1. The Hall–Kier alpha value is -4.35. The predicted molar refractivity (Wildman–Crippen MR) is 212 cm³/mol. The zero-order valence-electron chi connectivity index (χ0n) is 34.3. The summed E-state index contributed by atoms with van der Waals surface area (Å²) in [6.45, 7) is 8.80. The lowest BCUT2D eigenvalue weighted by atomic mass is 9.85. The second-order valence-electron chi connectivity index (χ2n) is 18.5. The van der Waals surface area contributed by atoms with Gasteiger partial charge in [0.2, 0.25) is 28.3 Å². The van der Waals surface area contributed by atoms with Crippen molar-refractivity contribution >= 4 is 44.7 Å². The van der Waals surface area contributed by atoms with Crippen LogP contribution in [0.4, 0.5) is 13.6 Å². The monoisotopic (exact) mass is 846 g/mol. The van der Waals surface area contributed by atoms with E-state index < -0.39 is 86.5 Å². The molecule has 8 atom stereocenters. The molecular weight excluding hydrogens is 791 g/mol. The summed E-state index contributed by atoms with van der Waals surface area (Å²) in [5, 5.41) is 5.60. The van der Waals surface area contributed by atoms with E-state index in [2.05, 4.69) is 17.6 Å². The first-order valence-electron chi connectivity index (χ1n) is 20.9. The molecule has 7 rings (SSSR count). The van der Waals surface area contributed by atoms with Crippen LogP contribution >= 0.6 is 0 Å². The molecule has 0 unspecified atom stereocenters. The highest BCUT2D eigenvalue weighted by Gasteiger charge is 2.67. The Labute approximate surface area is 342 Å². The number of amides is 4. The number of sulfonamides is 1. The lowest BCUT2D eigenvalue weighted by Crippen LogP contribution is -2.60. The molecule has 59 heavy (non-hydrogen) atoms. The number of benzene rings is 1. The average Bonchev–Trinajstić information content (AvgIpc) is 4.01. The standard InChI is InChI=1S/C41H56F2N6O9S/c1-6-23-15-16-30-25(23)12-8-7-11-19-48-34(51)26-13-9-10-14-28(26)44-37(48)57-24-20-29(49(22-24)35(52)31(39(2,3)4)45-38(54)58-30)33(50)46-41(21-27(41)32(42)43)36(53)47-59(55,56)40(5)17-18-40/h9-10,13-14,23-25,27,29-32H,6-8,11-12,15-22H2,1-5H3,(H,45,54)(H,46,50)(H,47,53)/t23-,24+,25+,27-,29-,30+,31+,41+/m0/s1. The van der Waals surface area contributed by atoms with Gasteiger partial charge in [0.25, 0.3) is 17.5 Å². The van der Waals surface area contributed by atoms with Gasteiger partial charge >= 0.3 is 6.09 Å². The molecule has 4 amide bonds. The lowest BCUT2D eigenvalue weighted by Gasteiger charge is -2.36.